The third-order valence-corrected chi connectivity index (χ3v) is 5.00. The maximum atomic E-state index is 12.3. The molecule has 0 spiro atoms. The first-order valence-corrected chi connectivity index (χ1v) is 9.60. The van der Waals surface area contributed by atoms with Crippen LogP contribution in [0.3, 0.4) is 0 Å². The molecule has 0 saturated heterocycles. The standard InChI is InChI=1S/C21H23Cl2N3O3/c1-13(11-12-16-17(22)9-6-10-18(16)23)20(29-24)15-8-5-4-7-14(15)19(26-28-3)21(27)25-2/h4-13,20H,24H2,1-3H3,(H,25,27)/b12-11+,26-19?. The van der Waals surface area contributed by atoms with Crippen LogP contribution in [0.4, 0.5) is 0 Å². The van der Waals surface area contributed by atoms with E-state index in [1.165, 1.54) is 14.2 Å². The summed E-state index contributed by atoms with van der Waals surface area (Å²) in [5.74, 6) is 5.06. The number of halogens is 2. The number of rotatable bonds is 8. The zero-order valence-corrected chi connectivity index (χ0v) is 17.9. The van der Waals surface area contributed by atoms with E-state index in [0.29, 0.717) is 26.7 Å². The van der Waals surface area contributed by atoms with Gasteiger partial charge in [-0.3, -0.25) is 9.63 Å². The van der Waals surface area contributed by atoms with E-state index >= 15 is 0 Å². The Kier molecular flexibility index (Phi) is 8.67. The van der Waals surface area contributed by atoms with Crippen LogP contribution in [0.1, 0.15) is 29.7 Å². The van der Waals surface area contributed by atoms with Gasteiger partial charge in [-0.25, -0.2) is 5.90 Å². The highest BCUT2D eigenvalue weighted by Gasteiger charge is 2.25. The van der Waals surface area contributed by atoms with Gasteiger partial charge in [0.2, 0.25) is 0 Å². The number of likely N-dealkylation sites (N-methyl/N-ethyl adjacent to an activating group) is 1. The Morgan fingerprint density at radius 2 is 1.83 bits per heavy atom. The van der Waals surface area contributed by atoms with Crippen LogP contribution in [0.2, 0.25) is 10.0 Å². The lowest BCUT2D eigenvalue weighted by atomic mass is 9.90. The van der Waals surface area contributed by atoms with E-state index in [-0.39, 0.29) is 17.5 Å². The first kappa shape index (κ1) is 22.9. The molecule has 0 heterocycles. The van der Waals surface area contributed by atoms with E-state index in [9.17, 15) is 4.79 Å². The van der Waals surface area contributed by atoms with E-state index < -0.39 is 6.10 Å². The van der Waals surface area contributed by atoms with Gasteiger partial charge in [-0.05, 0) is 17.7 Å². The Hall–Kier alpha value is -2.38. The van der Waals surface area contributed by atoms with Gasteiger partial charge >= 0.3 is 0 Å². The smallest absolute Gasteiger partial charge is 0.273 e. The van der Waals surface area contributed by atoms with Crippen molar-refractivity contribution < 1.29 is 14.5 Å². The molecule has 1 amide bonds. The van der Waals surface area contributed by atoms with Crippen LogP contribution in [-0.4, -0.2) is 25.8 Å². The van der Waals surface area contributed by atoms with Crippen molar-refractivity contribution in [2.45, 2.75) is 13.0 Å². The van der Waals surface area contributed by atoms with Gasteiger partial charge in [0.25, 0.3) is 5.91 Å². The number of nitrogens with one attached hydrogen (secondary N) is 1. The lowest BCUT2D eigenvalue weighted by molar-refractivity contribution is -0.114. The maximum Gasteiger partial charge on any atom is 0.273 e. The van der Waals surface area contributed by atoms with E-state index in [0.717, 1.165) is 0 Å². The van der Waals surface area contributed by atoms with Crippen LogP contribution >= 0.6 is 23.2 Å². The molecule has 0 bridgehead atoms. The molecule has 0 aliphatic carbocycles. The third kappa shape index (κ3) is 5.58. The molecule has 0 aliphatic rings. The van der Waals surface area contributed by atoms with Gasteiger partial charge < -0.3 is 10.2 Å². The highest BCUT2D eigenvalue weighted by atomic mass is 35.5. The van der Waals surface area contributed by atoms with Crippen molar-refractivity contribution in [3.8, 4) is 0 Å². The van der Waals surface area contributed by atoms with Crippen molar-refractivity contribution in [2.24, 2.45) is 17.0 Å². The van der Waals surface area contributed by atoms with E-state index in [1.807, 2.05) is 31.2 Å². The summed E-state index contributed by atoms with van der Waals surface area (Å²) in [5, 5.41) is 7.51. The molecular weight excluding hydrogens is 413 g/mol. The molecule has 2 aromatic rings. The molecule has 154 valence electrons. The van der Waals surface area contributed by atoms with Gasteiger partial charge in [-0.2, -0.15) is 0 Å². The number of nitrogens with two attached hydrogens (primary N) is 1. The number of hydrogen-bond acceptors (Lipinski definition) is 5. The maximum absolute atomic E-state index is 12.3. The number of nitrogens with zero attached hydrogens (tertiary/aromatic N) is 1. The van der Waals surface area contributed by atoms with Gasteiger partial charge in [-0.1, -0.05) is 77.8 Å². The van der Waals surface area contributed by atoms with Crippen molar-refractivity contribution in [3.63, 3.8) is 0 Å². The van der Waals surface area contributed by atoms with Crippen LogP contribution in [0.15, 0.2) is 53.7 Å². The van der Waals surface area contributed by atoms with E-state index in [4.69, 9.17) is 38.8 Å². The highest BCUT2D eigenvalue weighted by molar-refractivity contribution is 6.45. The second-order valence-corrected chi connectivity index (χ2v) is 7.01. The predicted octanol–water partition coefficient (Wildman–Crippen LogP) is 4.37. The molecule has 0 saturated carbocycles. The number of carbonyl (C=O) groups is 1. The fraction of sp³-hybridized carbons (Fsp3) is 0.238. The molecule has 6 nitrogen and oxygen atoms in total. The first-order chi connectivity index (χ1) is 13.9. The molecule has 2 rings (SSSR count). The van der Waals surface area contributed by atoms with Crippen molar-refractivity contribution in [3.05, 3.63) is 75.3 Å². The second kappa shape index (κ2) is 11.0. The second-order valence-electron chi connectivity index (χ2n) is 6.20. The zero-order valence-electron chi connectivity index (χ0n) is 16.4. The Bertz CT molecular complexity index is 896. The molecule has 3 N–H and O–H groups in total. The minimum absolute atomic E-state index is 0.123. The first-order valence-electron chi connectivity index (χ1n) is 8.84. The average Bonchev–Trinajstić information content (AvgIpc) is 2.72. The van der Waals surface area contributed by atoms with Gasteiger partial charge in [-0.15, -0.1) is 0 Å². The van der Waals surface area contributed by atoms with Crippen molar-refractivity contribution >= 4 is 40.9 Å². The molecule has 0 fully saturated rings. The van der Waals surface area contributed by atoms with Gasteiger partial charge in [0.1, 0.15) is 13.2 Å². The highest BCUT2D eigenvalue weighted by Crippen LogP contribution is 2.31. The quantitative estimate of drug-likeness (QED) is 0.475. The Morgan fingerprint density at radius 3 is 2.41 bits per heavy atom. The normalized spacial score (nSPS) is 13.9. The average molecular weight is 436 g/mol. The molecule has 2 aromatic carbocycles. The van der Waals surface area contributed by atoms with Crippen LogP contribution in [-0.2, 0) is 14.5 Å². The lowest BCUT2D eigenvalue weighted by Crippen LogP contribution is -2.30. The van der Waals surface area contributed by atoms with Crippen molar-refractivity contribution in [1.82, 2.24) is 5.32 Å². The van der Waals surface area contributed by atoms with E-state index in [2.05, 4.69) is 10.5 Å². The number of carbonyl (C=O) groups excluding carboxylic acids is 1. The van der Waals surface area contributed by atoms with Crippen LogP contribution in [0, 0.1) is 5.92 Å². The predicted molar refractivity (Wildman–Crippen MR) is 117 cm³/mol. The number of hydrogen-bond donors (Lipinski definition) is 2. The van der Waals surface area contributed by atoms with Gasteiger partial charge in [0, 0.05) is 34.1 Å². The summed E-state index contributed by atoms with van der Waals surface area (Å²) in [4.78, 5) is 22.4. The fourth-order valence-corrected chi connectivity index (χ4v) is 3.41. The molecule has 0 radical (unpaired) electrons. The van der Waals surface area contributed by atoms with Crippen molar-refractivity contribution in [2.75, 3.05) is 14.2 Å². The minimum Gasteiger partial charge on any atom is -0.398 e. The molecule has 0 aliphatic heterocycles. The van der Waals surface area contributed by atoms with Crippen molar-refractivity contribution in [1.29, 1.82) is 0 Å². The summed E-state index contributed by atoms with van der Waals surface area (Å²) < 4.78 is 0. The monoisotopic (exact) mass is 435 g/mol. The molecular formula is C21H23Cl2N3O3. The largest absolute Gasteiger partial charge is 0.398 e. The van der Waals surface area contributed by atoms with Crippen LogP contribution < -0.4 is 11.2 Å². The fourth-order valence-electron chi connectivity index (χ4n) is 2.88. The Morgan fingerprint density at radius 1 is 1.17 bits per heavy atom. The van der Waals surface area contributed by atoms with Crippen LogP contribution in [0.5, 0.6) is 0 Å². The van der Waals surface area contributed by atoms with Crippen LogP contribution in [0.25, 0.3) is 6.08 Å². The summed E-state index contributed by atoms with van der Waals surface area (Å²) in [6.07, 6.45) is 3.16. The number of amides is 1. The Balaban J connectivity index is 2.43. The molecule has 0 aromatic heterocycles. The summed E-state index contributed by atoms with van der Waals surface area (Å²) >= 11 is 12.5. The lowest BCUT2D eigenvalue weighted by Gasteiger charge is -2.22. The van der Waals surface area contributed by atoms with Gasteiger partial charge in [0.15, 0.2) is 5.71 Å². The molecule has 29 heavy (non-hydrogen) atoms. The third-order valence-electron chi connectivity index (χ3n) is 4.34. The number of oxime groups is 1. The van der Waals surface area contributed by atoms with E-state index in [1.54, 1.807) is 30.3 Å². The minimum atomic E-state index is -0.560. The topological polar surface area (TPSA) is 85.9 Å². The SMILES string of the molecule is CNC(=O)C(=NOC)c1ccccc1C(ON)C(C)/C=C/c1c(Cl)cccc1Cl. The number of benzene rings is 2. The summed E-state index contributed by atoms with van der Waals surface area (Å²) in [6, 6.07) is 12.5. The summed E-state index contributed by atoms with van der Waals surface area (Å²) in [6.45, 7) is 1.93. The summed E-state index contributed by atoms with van der Waals surface area (Å²) in [7, 11) is 2.90. The molecule has 2 atom stereocenters. The zero-order chi connectivity index (χ0) is 21.4. The molecule has 8 heteroatoms. The van der Waals surface area contributed by atoms with Gasteiger partial charge in [0.05, 0.1) is 0 Å². The Labute approximate surface area is 180 Å². The molecule has 2 unspecified atom stereocenters. The summed E-state index contributed by atoms with van der Waals surface area (Å²) in [5.41, 5.74) is 2.08.